The Kier molecular flexibility index (Phi) is 8.41. The third kappa shape index (κ3) is 5.79. The predicted octanol–water partition coefficient (Wildman–Crippen LogP) is 6.38. The van der Waals surface area contributed by atoms with Crippen molar-refractivity contribution in [1.82, 2.24) is 14.9 Å². The number of hydrogen-bond donors (Lipinski definition) is 2. The second-order valence-electron chi connectivity index (χ2n) is 10.9. The number of aromatic nitrogens is 2. The number of fused-ring (bicyclic) bond motifs is 1. The van der Waals surface area contributed by atoms with Crippen molar-refractivity contribution in [3.8, 4) is 22.6 Å². The van der Waals surface area contributed by atoms with E-state index in [9.17, 15) is 18.0 Å². The highest BCUT2D eigenvalue weighted by Gasteiger charge is 2.22. The first-order valence-electron chi connectivity index (χ1n) is 14.5. The van der Waals surface area contributed by atoms with E-state index in [1.807, 2.05) is 32.0 Å². The maximum Gasteiger partial charge on any atom is 0.274 e. The minimum absolute atomic E-state index is 0.0608. The predicted molar refractivity (Wildman–Crippen MR) is 167 cm³/mol. The van der Waals surface area contributed by atoms with Gasteiger partial charge in [-0.2, -0.15) is 0 Å². The number of nitrogens with one attached hydrogen (secondary N) is 2. The summed E-state index contributed by atoms with van der Waals surface area (Å²) in [6, 6.07) is 12.4. The average Bonchev–Trinajstić information content (AvgIpc) is 3.66. The number of benzene rings is 2. The number of carbonyl (C=O) groups excluding carboxylic acids is 1. The van der Waals surface area contributed by atoms with Crippen molar-refractivity contribution in [2.45, 2.75) is 51.3 Å². The van der Waals surface area contributed by atoms with Gasteiger partial charge in [-0.15, -0.1) is 0 Å². The highest BCUT2D eigenvalue weighted by molar-refractivity contribution is 7.91. The normalized spacial score (nSPS) is 14.2. The smallest absolute Gasteiger partial charge is 0.274 e. The molecule has 2 aromatic carbocycles. The zero-order valence-corrected chi connectivity index (χ0v) is 25.3. The molecule has 1 saturated carbocycles. The zero-order chi connectivity index (χ0) is 30.0. The van der Waals surface area contributed by atoms with Gasteiger partial charge in [-0.25, -0.2) is 8.42 Å². The lowest BCUT2D eigenvalue weighted by molar-refractivity contribution is 0.0951. The van der Waals surface area contributed by atoms with E-state index in [-0.39, 0.29) is 33.3 Å². The van der Waals surface area contributed by atoms with Crippen LogP contribution in [0.3, 0.4) is 0 Å². The number of aryl methyl sites for hydroxylation is 2. The molecule has 0 saturated heterocycles. The van der Waals surface area contributed by atoms with Crippen LogP contribution in [0.15, 0.2) is 64.4 Å². The van der Waals surface area contributed by atoms with Crippen LogP contribution in [-0.2, 0) is 16.9 Å². The van der Waals surface area contributed by atoms with E-state index in [0.29, 0.717) is 40.5 Å². The van der Waals surface area contributed by atoms with Gasteiger partial charge in [0.15, 0.2) is 9.84 Å². The molecule has 1 aliphatic rings. The number of H-pyrrole nitrogens is 1. The van der Waals surface area contributed by atoms with Crippen LogP contribution in [0.1, 0.15) is 61.1 Å². The number of ether oxygens (including phenoxy) is 1. The first-order chi connectivity index (χ1) is 20.1. The molecule has 0 atom stereocenters. The van der Waals surface area contributed by atoms with Crippen LogP contribution in [0.5, 0.6) is 11.5 Å². The highest BCUT2D eigenvalue weighted by atomic mass is 32.2. The van der Waals surface area contributed by atoms with E-state index in [1.54, 1.807) is 44.4 Å². The molecule has 9 heteroatoms. The number of rotatable bonds is 9. The van der Waals surface area contributed by atoms with Gasteiger partial charge < -0.3 is 19.6 Å². The van der Waals surface area contributed by atoms with Crippen LogP contribution < -0.4 is 15.6 Å². The molecule has 2 heterocycles. The quantitative estimate of drug-likeness (QED) is 0.236. The summed E-state index contributed by atoms with van der Waals surface area (Å²) in [5.41, 5.74) is 3.13. The number of nitrogens with zero attached hydrogens (tertiary/aromatic N) is 1. The van der Waals surface area contributed by atoms with Crippen LogP contribution >= 0.6 is 0 Å². The molecule has 0 unspecified atom stereocenters. The molecule has 0 aliphatic heterocycles. The lowest BCUT2D eigenvalue weighted by Gasteiger charge is -2.17. The number of carbonyl (C=O) groups is 1. The second-order valence-corrected chi connectivity index (χ2v) is 13.1. The molecule has 1 amide bonds. The third-order valence-electron chi connectivity index (χ3n) is 7.93. The number of allylic oxidation sites excluding steroid dienone is 1. The molecule has 220 valence electrons. The van der Waals surface area contributed by atoms with Gasteiger partial charge in [0.2, 0.25) is 0 Å². The number of para-hydroxylation sites is 1. The van der Waals surface area contributed by atoms with E-state index in [4.69, 9.17) is 4.74 Å². The fraction of sp³-hybridized carbons (Fsp3) is 0.333. The molecular weight excluding hydrogens is 550 g/mol. The summed E-state index contributed by atoms with van der Waals surface area (Å²) in [7, 11) is -1.92. The van der Waals surface area contributed by atoms with Crippen LogP contribution in [0, 0.1) is 12.8 Å². The molecule has 8 nitrogen and oxygen atoms in total. The van der Waals surface area contributed by atoms with Crippen LogP contribution in [0.25, 0.3) is 28.1 Å². The second kappa shape index (κ2) is 12.0. The summed E-state index contributed by atoms with van der Waals surface area (Å²) >= 11 is 0. The molecule has 1 aliphatic carbocycles. The van der Waals surface area contributed by atoms with Crippen molar-refractivity contribution in [3.63, 3.8) is 0 Å². The number of aromatic amines is 1. The van der Waals surface area contributed by atoms with Crippen molar-refractivity contribution >= 4 is 32.7 Å². The first kappa shape index (κ1) is 29.4. The van der Waals surface area contributed by atoms with Gasteiger partial charge in [-0.3, -0.25) is 9.59 Å². The van der Waals surface area contributed by atoms with E-state index in [2.05, 4.69) is 22.5 Å². The summed E-state index contributed by atoms with van der Waals surface area (Å²) in [5.74, 6) is 1.28. The van der Waals surface area contributed by atoms with Crippen molar-refractivity contribution in [2.24, 2.45) is 13.0 Å². The Bertz CT molecular complexity index is 1840. The van der Waals surface area contributed by atoms with Gasteiger partial charge in [-0.05, 0) is 62.4 Å². The number of sulfone groups is 1. The Hall–Kier alpha value is -4.11. The highest BCUT2D eigenvalue weighted by Crippen LogP contribution is 2.40. The fourth-order valence-corrected chi connectivity index (χ4v) is 6.45. The Morgan fingerprint density at radius 3 is 2.60 bits per heavy atom. The fourth-order valence-electron chi connectivity index (χ4n) is 5.54. The zero-order valence-electron chi connectivity index (χ0n) is 24.5. The Morgan fingerprint density at radius 2 is 1.88 bits per heavy atom. The van der Waals surface area contributed by atoms with Gasteiger partial charge in [0.05, 0.1) is 10.6 Å². The molecular formula is C33H37N3O5S. The van der Waals surface area contributed by atoms with E-state index in [0.717, 1.165) is 11.1 Å². The van der Waals surface area contributed by atoms with Gasteiger partial charge >= 0.3 is 0 Å². The number of pyridine rings is 1. The van der Waals surface area contributed by atoms with Gasteiger partial charge in [0.1, 0.15) is 22.7 Å². The SMILES string of the molecule is CCNC(=O)c1cc2c(-c3cc(S(=O)(=O)CC)ccc3Oc3c(C)cccc3/C=C\C3CCCC3)cn(C)c(=O)c2[nH]1. The molecule has 2 aromatic heterocycles. The van der Waals surface area contributed by atoms with E-state index < -0.39 is 9.84 Å². The van der Waals surface area contributed by atoms with Crippen molar-refractivity contribution in [3.05, 3.63) is 81.9 Å². The van der Waals surface area contributed by atoms with E-state index >= 15 is 0 Å². The summed E-state index contributed by atoms with van der Waals surface area (Å²) in [5, 5.41) is 3.25. The lowest BCUT2D eigenvalue weighted by Crippen LogP contribution is -2.23. The Labute approximate surface area is 246 Å². The monoisotopic (exact) mass is 587 g/mol. The molecule has 0 spiro atoms. The summed E-state index contributed by atoms with van der Waals surface area (Å²) < 4.78 is 34.0. The topological polar surface area (TPSA) is 110 Å². The maximum atomic E-state index is 13.1. The Balaban J connectivity index is 1.70. The van der Waals surface area contributed by atoms with Gasteiger partial charge in [-0.1, -0.05) is 50.1 Å². The van der Waals surface area contributed by atoms with Crippen LogP contribution in [0.2, 0.25) is 0 Å². The third-order valence-corrected chi connectivity index (χ3v) is 9.66. The molecule has 0 radical (unpaired) electrons. The minimum atomic E-state index is -3.55. The number of hydrogen-bond acceptors (Lipinski definition) is 5. The lowest BCUT2D eigenvalue weighted by atomic mass is 10.0. The molecule has 0 bridgehead atoms. The first-order valence-corrected chi connectivity index (χ1v) is 16.1. The standard InChI is InChI=1S/C33H37N3O5S/c1-5-34-32(37)28-19-26-27(20-36(4)33(38)30(26)35-28)25-18-24(42(39,40)6-2)16-17-29(25)41-31-21(3)10-9-13-23(31)15-14-22-11-7-8-12-22/h9-10,13-20,22,35H,5-8,11-12H2,1-4H3,(H,34,37)/b15-14-. The summed E-state index contributed by atoms with van der Waals surface area (Å²) in [4.78, 5) is 28.9. The van der Waals surface area contributed by atoms with Crippen molar-refractivity contribution in [2.75, 3.05) is 12.3 Å². The molecule has 4 aromatic rings. The molecule has 2 N–H and O–H groups in total. The number of amides is 1. The Morgan fingerprint density at radius 1 is 1.12 bits per heavy atom. The van der Waals surface area contributed by atoms with E-state index in [1.165, 1.54) is 30.3 Å². The van der Waals surface area contributed by atoms with Gasteiger partial charge in [0.25, 0.3) is 11.5 Å². The molecule has 5 rings (SSSR count). The maximum absolute atomic E-state index is 13.1. The summed E-state index contributed by atoms with van der Waals surface area (Å²) in [6.45, 7) is 5.83. The van der Waals surface area contributed by atoms with Gasteiger partial charge in [0, 0.05) is 41.9 Å². The van der Waals surface area contributed by atoms with Crippen LogP contribution in [0.4, 0.5) is 0 Å². The summed E-state index contributed by atoms with van der Waals surface area (Å²) in [6.07, 6.45) is 10.9. The van der Waals surface area contributed by atoms with Crippen molar-refractivity contribution < 1.29 is 17.9 Å². The minimum Gasteiger partial charge on any atom is -0.456 e. The average molecular weight is 588 g/mol. The molecule has 1 fully saturated rings. The van der Waals surface area contributed by atoms with Crippen molar-refractivity contribution in [1.29, 1.82) is 0 Å². The molecule has 42 heavy (non-hydrogen) atoms. The van der Waals surface area contributed by atoms with Crippen LogP contribution in [-0.4, -0.2) is 36.2 Å². The largest absolute Gasteiger partial charge is 0.456 e.